The number of nitrogens with one attached hydrogen (secondary N) is 1. The van der Waals surface area contributed by atoms with Gasteiger partial charge >= 0.3 is 0 Å². The first-order valence-corrected chi connectivity index (χ1v) is 7.43. The van der Waals surface area contributed by atoms with Crippen molar-refractivity contribution in [1.29, 1.82) is 0 Å². The van der Waals surface area contributed by atoms with Gasteiger partial charge in [0.25, 0.3) is 0 Å². The summed E-state index contributed by atoms with van der Waals surface area (Å²) in [6.07, 6.45) is 0.859. The van der Waals surface area contributed by atoms with Crippen LogP contribution in [-0.2, 0) is 6.42 Å². The van der Waals surface area contributed by atoms with Crippen LogP contribution in [0.15, 0.2) is 30.3 Å². The molecule has 4 nitrogen and oxygen atoms in total. The second kappa shape index (κ2) is 7.18. The number of hydrogen-bond acceptors (Lipinski definition) is 4. The van der Waals surface area contributed by atoms with Gasteiger partial charge in [0.15, 0.2) is 0 Å². The molecule has 0 aliphatic heterocycles. The molecule has 1 unspecified atom stereocenters. The first-order chi connectivity index (χ1) is 10.2. The molecule has 2 aromatic rings. The van der Waals surface area contributed by atoms with Gasteiger partial charge in [-0.25, -0.2) is 0 Å². The quantitative estimate of drug-likeness (QED) is 0.886. The molecule has 112 valence electrons. The molecule has 0 aliphatic carbocycles. The lowest BCUT2D eigenvalue weighted by Crippen LogP contribution is -2.21. The van der Waals surface area contributed by atoms with Crippen molar-refractivity contribution in [2.24, 2.45) is 0 Å². The summed E-state index contributed by atoms with van der Waals surface area (Å²) in [5, 5.41) is 11.9. The summed E-state index contributed by atoms with van der Waals surface area (Å²) in [6.45, 7) is 6.73. The van der Waals surface area contributed by atoms with Crippen LogP contribution in [-0.4, -0.2) is 23.9 Å². The summed E-state index contributed by atoms with van der Waals surface area (Å²) in [6, 6.07) is 10.3. The predicted molar refractivity (Wildman–Crippen MR) is 84.7 cm³/mol. The highest BCUT2D eigenvalue weighted by molar-refractivity contribution is 5.43. The Balaban J connectivity index is 2.52. The van der Waals surface area contributed by atoms with Gasteiger partial charge in [0.05, 0.1) is 24.0 Å². The Labute approximate surface area is 126 Å². The monoisotopic (exact) mass is 285 g/mol. The maximum Gasteiger partial charge on any atom is 0.124 e. The molecule has 0 bridgehead atoms. The Morgan fingerprint density at radius 3 is 2.57 bits per heavy atom. The van der Waals surface area contributed by atoms with E-state index in [1.54, 1.807) is 0 Å². The number of hydrogen-bond donors (Lipinski definition) is 1. The zero-order chi connectivity index (χ0) is 15.2. The Kier molecular flexibility index (Phi) is 5.28. The zero-order valence-corrected chi connectivity index (χ0v) is 13.2. The largest absolute Gasteiger partial charge is 0.494 e. The van der Waals surface area contributed by atoms with Gasteiger partial charge in [-0.2, -0.15) is 10.2 Å². The fourth-order valence-corrected chi connectivity index (χ4v) is 2.54. The van der Waals surface area contributed by atoms with E-state index in [4.69, 9.17) is 4.74 Å². The van der Waals surface area contributed by atoms with E-state index in [1.165, 1.54) is 5.56 Å². The lowest BCUT2D eigenvalue weighted by atomic mass is 9.95. The van der Waals surface area contributed by atoms with Gasteiger partial charge in [-0.1, -0.05) is 25.1 Å². The van der Waals surface area contributed by atoms with Crippen LogP contribution in [0.3, 0.4) is 0 Å². The van der Waals surface area contributed by atoms with E-state index in [1.807, 2.05) is 39.1 Å². The molecule has 0 saturated heterocycles. The van der Waals surface area contributed by atoms with Crippen LogP contribution in [0.4, 0.5) is 0 Å². The van der Waals surface area contributed by atoms with Crippen molar-refractivity contribution in [3.63, 3.8) is 0 Å². The van der Waals surface area contributed by atoms with Crippen molar-refractivity contribution in [2.75, 3.05) is 13.7 Å². The van der Waals surface area contributed by atoms with E-state index in [-0.39, 0.29) is 6.04 Å². The van der Waals surface area contributed by atoms with E-state index in [9.17, 15) is 0 Å². The lowest BCUT2D eigenvalue weighted by molar-refractivity contribution is 0.334. The van der Waals surface area contributed by atoms with Gasteiger partial charge in [0.1, 0.15) is 5.75 Å². The molecule has 21 heavy (non-hydrogen) atoms. The van der Waals surface area contributed by atoms with Gasteiger partial charge in [0.2, 0.25) is 0 Å². The number of para-hydroxylation sites is 1. The van der Waals surface area contributed by atoms with Crippen molar-refractivity contribution in [1.82, 2.24) is 15.5 Å². The summed E-state index contributed by atoms with van der Waals surface area (Å²) in [7, 11) is 1.96. The summed E-state index contributed by atoms with van der Waals surface area (Å²) < 4.78 is 5.77. The Hall–Kier alpha value is -1.94. The molecule has 1 aromatic carbocycles. The minimum Gasteiger partial charge on any atom is -0.494 e. The second-order valence-electron chi connectivity index (χ2n) is 4.93. The molecular weight excluding hydrogens is 262 g/mol. The maximum absolute atomic E-state index is 5.77. The lowest BCUT2D eigenvalue weighted by Gasteiger charge is -2.22. The van der Waals surface area contributed by atoms with Gasteiger partial charge in [-0.05, 0) is 45.0 Å². The normalized spacial score (nSPS) is 12.2. The van der Waals surface area contributed by atoms with Crippen LogP contribution < -0.4 is 10.1 Å². The van der Waals surface area contributed by atoms with Crippen molar-refractivity contribution in [2.45, 2.75) is 33.2 Å². The molecule has 0 saturated carbocycles. The molecule has 0 amide bonds. The average Bonchev–Trinajstić information content (AvgIpc) is 2.50. The highest BCUT2D eigenvalue weighted by Gasteiger charge is 2.20. The van der Waals surface area contributed by atoms with Crippen LogP contribution in [0.2, 0.25) is 0 Å². The van der Waals surface area contributed by atoms with Crippen molar-refractivity contribution in [3.8, 4) is 5.75 Å². The highest BCUT2D eigenvalue weighted by Crippen LogP contribution is 2.31. The highest BCUT2D eigenvalue weighted by atomic mass is 16.5. The summed E-state index contributed by atoms with van der Waals surface area (Å²) in [4.78, 5) is 0. The van der Waals surface area contributed by atoms with Crippen LogP contribution in [0.25, 0.3) is 0 Å². The standard InChI is InChI=1S/C17H23N3O/c1-5-15-14(11-12(3)19-20-15)17(18-4)13-9-7-8-10-16(13)21-6-2/h7-11,17-18H,5-6H2,1-4H3. The van der Waals surface area contributed by atoms with Crippen LogP contribution in [0.1, 0.15) is 42.4 Å². The Morgan fingerprint density at radius 1 is 1.14 bits per heavy atom. The summed E-state index contributed by atoms with van der Waals surface area (Å²) in [5.74, 6) is 0.913. The SMILES string of the molecule is CCOc1ccccc1C(NC)c1cc(C)nnc1CC. The van der Waals surface area contributed by atoms with Gasteiger partial charge in [-0.15, -0.1) is 0 Å². The third-order valence-electron chi connectivity index (χ3n) is 3.49. The van der Waals surface area contributed by atoms with Crippen molar-refractivity contribution >= 4 is 0 Å². The van der Waals surface area contributed by atoms with Crippen LogP contribution in [0.5, 0.6) is 5.75 Å². The van der Waals surface area contributed by atoms with Gasteiger partial charge in [0, 0.05) is 5.56 Å². The first kappa shape index (κ1) is 15.4. The fourth-order valence-electron chi connectivity index (χ4n) is 2.54. The summed E-state index contributed by atoms with van der Waals surface area (Å²) >= 11 is 0. The minimum atomic E-state index is 0.0527. The molecule has 1 atom stereocenters. The van der Waals surface area contributed by atoms with Crippen LogP contribution >= 0.6 is 0 Å². The van der Waals surface area contributed by atoms with Crippen molar-refractivity contribution < 1.29 is 4.74 Å². The molecule has 0 radical (unpaired) electrons. The Bertz CT molecular complexity index is 598. The van der Waals surface area contributed by atoms with Gasteiger partial charge < -0.3 is 10.1 Å². The van der Waals surface area contributed by atoms with E-state index in [2.05, 4.69) is 34.6 Å². The number of ether oxygens (including phenoxy) is 1. The fraction of sp³-hybridized carbons (Fsp3) is 0.412. The minimum absolute atomic E-state index is 0.0527. The molecule has 0 spiro atoms. The van der Waals surface area contributed by atoms with E-state index in [0.29, 0.717) is 6.61 Å². The predicted octanol–water partition coefficient (Wildman–Crippen LogP) is 3.05. The molecule has 4 heteroatoms. The third kappa shape index (κ3) is 3.39. The zero-order valence-electron chi connectivity index (χ0n) is 13.2. The first-order valence-electron chi connectivity index (χ1n) is 7.43. The molecule has 2 rings (SSSR count). The van der Waals surface area contributed by atoms with Crippen molar-refractivity contribution in [3.05, 3.63) is 52.8 Å². The number of benzene rings is 1. The number of rotatable bonds is 6. The second-order valence-corrected chi connectivity index (χ2v) is 4.93. The van der Waals surface area contributed by atoms with E-state index >= 15 is 0 Å². The topological polar surface area (TPSA) is 47.0 Å². The average molecular weight is 285 g/mol. The Morgan fingerprint density at radius 2 is 1.90 bits per heavy atom. The van der Waals surface area contributed by atoms with E-state index < -0.39 is 0 Å². The molecule has 0 fully saturated rings. The van der Waals surface area contributed by atoms with Gasteiger partial charge in [-0.3, -0.25) is 0 Å². The van der Waals surface area contributed by atoms with Crippen LogP contribution in [0, 0.1) is 6.92 Å². The molecule has 0 aliphatic rings. The molecule has 1 N–H and O–H groups in total. The number of aryl methyl sites for hydroxylation is 2. The number of aromatic nitrogens is 2. The molecular formula is C17H23N3O. The smallest absolute Gasteiger partial charge is 0.124 e. The third-order valence-corrected chi connectivity index (χ3v) is 3.49. The van der Waals surface area contributed by atoms with E-state index in [0.717, 1.165) is 29.1 Å². The molecule has 1 heterocycles. The summed E-state index contributed by atoms with van der Waals surface area (Å²) in [5.41, 5.74) is 4.24. The number of nitrogens with zero attached hydrogens (tertiary/aromatic N) is 2. The maximum atomic E-state index is 5.77. The molecule has 1 aromatic heterocycles.